The molecule has 0 aliphatic carbocycles. The van der Waals surface area contributed by atoms with Crippen LogP contribution in [0.3, 0.4) is 0 Å². The number of esters is 1. The van der Waals surface area contributed by atoms with Crippen molar-refractivity contribution in [1.82, 2.24) is 5.16 Å². The Kier molecular flexibility index (Phi) is 4.33. The van der Waals surface area contributed by atoms with Crippen molar-refractivity contribution in [2.24, 2.45) is 10.2 Å². The van der Waals surface area contributed by atoms with Crippen LogP contribution in [0.25, 0.3) is 21.0 Å². The first-order valence-electron chi connectivity index (χ1n) is 8.28. The van der Waals surface area contributed by atoms with Crippen molar-refractivity contribution in [3.63, 3.8) is 0 Å². The number of carbonyl (C=O) groups excluding carboxylic acids is 1. The maximum atomic E-state index is 12.4. The number of rotatable bonds is 4. The van der Waals surface area contributed by atoms with Crippen molar-refractivity contribution in [2.75, 3.05) is 6.61 Å². The molecule has 0 saturated heterocycles. The molecule has 4 aromatic rings. The number of fused-ring (bicyclic) bond motifs is 2. The highest BCUT2D eigenvalue weighted by molar-refractivity contribution is 7.19. The molecule has 0 bridgehead atoms. The lowest BCUT2D eigenvalue weighted by molar-refractivity contribution is 0.0527. The molecule has 0 unspecified atom stereocenters. The Bertz CT molecular complexity index is 1190. The third kappa shape index (κ3) is 3.04. The summed E-state index contributed by atoms with van der Waals surface area (Å²) in [5, 5.41) is 24.0. The molecule has 0 saturated carbocycles. The lowest BCUT2D eigenvalue weighted by atomic mass is 10.1. The molecule has 1 N–H and O–H groups in total. The van der Waals surface area contributed by atoms with Gasteiger partial charge in [-0.25, -0.2) is 4.79 Å². The summed E-state index contributed by atoms with van der Waals surface area (Å²) in [6.07, 6.45) is 0. The number of phenols is 1. The Morgan fingerprint density at radius 1 is 1.26 bits per heavy atom. The predicted octanol–water partition coefficient (Wildman–Crippen LogP) is 5.65. The van der Waals surface area contributed by atoms with Crippen molar-refractivity contribution in [3.05, 3.63) is 46.8 Å². The summed E-state index contributed by atoms with van der Waals surface area (Å²) in [4.78, 5) is 13.4. The molecule has 0 aliphatic heterocycles. The molecule has 2 aromatic heterocycles. The Morgan fingerprint density at radius 2 is 2.07 bits per heavy atom. The zero-order chi connectivity index (χ0) is 19.0. The second-order valence-electron chi connectivity index (χ2n) is 5.82. The summed E-state index contributed by atoms with van der Waals surface area (Å²) in [5.74, 6) is -0.325. The van der Waals surface area contributed by atoms with Gasteiger partial charge < -0.3 is 14.4 Å². The number of carbonyl (C=O) groups is 1. The second kappa shape index (κ2) is 6.81. The molecule has 2 aromatic carbocycles. The predicted molar refractivity (Wildman–Crippen MR) is 102 cm³/mol. The SMILES string of the molecule is CCOC(=O)c1cc(O)c2cc(C)sc2c1N=Nc1onc2ccccc12. The average molecular weight is 381 g/mol. The molecule has 0 spiro atoms. The van der Waals surface area contributed by atoms with Crippen LogP contribution < -0.4 is 0 Å². The van der Waals surface area contributed by atoms with E-state index in [1.54, 1.807) is 6.92 Å². The molecule has 0 fully saturated rings. The largest absolute Gasteiger partial charge is 0.507 e. The number of phenolic OH excluding ortho intramolecular Hbond substituents is 1. The maximum absolute atomic E-state index is 12.4. The molecule has 4 rings (SSSR count). The Hall–Kier alpha value is -3.26. The minimum absolute atomic E-state index is 0.00136. The van der Waals surface area contributed by atoms with E-state index in [-0.39, 0.29) is 23.8 Å². The zero-order valence-corrected chi connectivity index (χ0v) is 15.4. The van der Waals surface area contributed by atoms with Gasteiger partial charge in [0.2, 0.25) is 0 Å². The lowest BCUT2D eigenvalue weighted by Crippen LogP contribution is -2.04. The molecule has 8 heteroatoms. The summed E-state index contributed by atoms with van der Waals surface area (Å²) in [7, 11) is 0. The highest BCUT2D eigenvalue weighted by Gasteiger charge is 2.21. The number of ether oxygens (including phenoxy) is 1. The number of hydrogen-bond acceptors (Lipinski definition) is 8. The summed E-state index contributed by atoms with van der Waals surface area (Å²) < 4.78 is 11.0. The number of aryl methyl sites for hydroxylation is 1. The number of nitrogens with zero attached hydrogens (tertiary/aromatic N) is 3. The zero-order valence-electron chi connectivity index (χ0n) is 14.6. The van der Waals surface area contributed by atoms with Crippen molar-refractivity contribution in [2.45, 2.75) is 13.8 Å². The maximum Gasteiger partial charge on any atom is 0.340 e. The minimum atomic E-state index is -0.572. The van der Waals surface area contributed by atoms with Gasteiger partial charge in [-0.1, -0.05) is 17.3 Å². The van der Waals surface area contributed by atoms with Crippen molar-refractivity contribution in [3.8, 4) is 5.75 Å². The van der Waals surface area contributed by atoms with Gasteiger partial charge in [0.05, 0.1) is 22.3 Å². The fraction of sp³-hybridized carbons (Fsp3) is 0.158. The van der Waals surface area contributed by atoms with E-state index in [4.69, 9.17) is 9.26 Å². The normalized spacial score (nSPS) is 11.6. The van der Waals surface area contributed by atoms with E-state index in [0.717, 1.165) is 10.3 Å². The summed E-state index contributed by atoms with van der Waals surface area (Å²) in [5.41, 5.74) is 1.15. The number of azo groups is 1. The smallest absolute Gasteiger partial charge is 0.340 e. The summed E-state index contributed by atoms with van der Waals surface area (Å²) in [6, 6.07) is 10.5. The van der Waals surface area contributed by atoms with Crippen molar-refractivity contribution < 1.29 is 19.2 Å². The summed E-state index contributed by atoms with van der Waals surface area (Å²) in [6.45, 7) is 3.84. The Labute approximate surface area is 157 Å². The van der Waals surface area contributed by atoms with E-state index < -0.39 is 5.97 Å². The van der Waals surface area contributed by atoms with Crippen LogP contribution in [-0.2, 0) is 4.74 Å². The van der Waals surface area contributed by atoms with E-state index in [0.29, 0.717) is 21.3 Å². The van der Waals surface area contributed by atoms with Gasteiger partial charge in [0.15, 0.2) is 0 Å². The van der Waals surface area contributed by atoms with Crippen LogP contribution in [-0.4, -0.2) is 22.8 Å². The first kappa shape index (κ1) is 17.2. The van der Waals surface area contributed by atoms with E-state index >= 15 is 0 Å². The molecule has 27 heavy (non-hydrogen) atoms. The van der Waals surface area contributed by atoms with Crippen LogP contribution in [0, 0.1) is 6.92 Å². The minimum Gasteiger partial charge on any atom is -0.507 e. The average Bonchev–Trinajstić information content (AvgIpc) is 3.25. The lowest BCUT2D eigenvalue weighted by Gasteiger charge is -2.07. The molecule has 7 nitrogen and oxygen atoms in total. The monoisotopic (exact) mass is 381 g/mol. The van der Waals surface area contributed by atoms with Crippen LogP contribution in [0.4, 0.5) is 11.6 Å². The van der Waals surface area contributed by atoms with Gasteiger partial charge in [-0.3, -0.25) is 0 Å². The number of thiophene rings is 1. The molecular formula is C19H15N3O4S. The topological polar surface area (TPSA) is 97.3 Å². The Morgan fingerprint density at radius 3 is 2.89 bits per heavy atom. The molecule has 0 radical (unpaired) electrons. The highest BCUT2D eigenvalue weighted by Crippen LogP contribution is 2.42. The van der Waals surface area contributed by atoms with Gasteiger partial charge >= 0.3 is 5.97 Å². The quantitative estimate of drug-likeness (QED) is 0.364. The fourth-order valence-electron chi connectivity index (χ4n) is 2.79. The van der Waals surface area contributed by atoms with E-state index in [2.05, 4.69) is 15.4 Å². The highest BCUT2D eigenvalue weighted by atomic mass is 32.1. The molecule has 0 amide bonds. The second-order valence-corrected chi connectivity index (χ2v) is 7.07. The van der Waals surface area contributed by atoms with E-state index in [1.807, 2.05) is 37.3 Å². The van der Waals surface area contributed by atoms with Crippen LogP contribution in [0.5, 0.6) is 5.75 Å². The standard InChI is InChI=1S/C19H15N3O4S/c1-3-25-19(24)13-9-15(23)12-8-10(2)27-17(12)16(13)20-21-18-11-6-4-5-7-14(11)22-26-18/h4-9,23H,3H2,1-2H3. The van der Waals surface area contributed by atoms with Gasteiger partial charge in [0.1, 0.15) is 17.0 Å². The third-order valence-electron chi connectivity index (χ3n) is 3.98. The number of benzene rings is 2. The third-order valence-corrected chi connectivity index (χ3v) is 5.04. The van der Waals surface area contributed by atoms with E-state index in [1.165, 1.54) is 17.4 Å². The first-order chi connectivity index (χ1) is 13.1. The van der Waals surface area contributed by atoms with Crippen LogP contribution in [0.1, 0.15) is 22.2 Å². The summed E-state index contributed by atoms with van der Waals surface area (Å²) >= 11 is 1.42. The molecule has 136 valence electrons. The van der Waals surface area contributed by atoms with E-state index in [9.17, 15) is 9.90 Å². The van der Waals surface area contributed by atoms with Gasteiger partial charge in [-0.2, -0.15) is 0 Å². The molecule has 0 aliphatic rings. The number of aromatic nitrogens is 1. The van der Waals surface area contributed by atoms with Crippen LogP contribution in [0.2, 0.25) is 0 Å². The Balaban J connectivity index is 1.89. The van der Waals surface area contributed by atoms with Gasteiger partial charge in [-0.05, 0) is 38.1 Å². The number of aromatic hydroxyl groups is 1. The van der Waals surface area contributed by atoms with Crippen LogP contribution >= 0.6 is 11.3 Å². The van der Waals surface area contributed by atoms with Crippen molar-refractivity contribution in [1.29, 1.82) is 0 Å². The molecule has 2 heterocycles. The fourth-order valence-corrected chi connectivity index (χ4v) is 3.81. The van der Waals surface area contributed by atoms with Gasteiger partial charge in [0, 0.05) is 10.3 Å². The number of hydrogen-bond donors (Lipinski definition) is 1. The van der Waals surface area contributed by atoms with Crippen molar-refractivity contribution >= 4 is 49.9 Å². The molecule has 0 atom stereocenters. The van der Waals surface area contributed by atoms with Gasteiger partial charge in [-0.15, -0.1) is 21.6 Å². The first-order valence-corrected chi connectivity index (χ1v) is 9.09. The van der Waals surface area contributed by atoms with Crippen LogP contribution in [0.15, 0.2) is 51.1 Å². The molecular weight excluding hydrogens is 366 g/mol. The van der Waals surface area contributed by atoms with Gasteiger partial charge in [0.25, 0.3) is 5.88 Å².